The molecule has 2 nitrogen and oxygen atoms in total. The number of piperidine rings is 1. The molecule has 0 aromatic heterocycles. The molecular formula is C15H24N2. The summed E-state index contributed by atoms with van der Waals surface area (Å²) in [5.41, 5.74) is 7.03. The highest BCUT2D eigenvalue weighted by atomic mass is 15.1. The van der Waals surface area contributed by atoms with E-state index in [0.29, 0.717) is 0 Å². The van der Waals surface area contributed by atoms with Crippen LogP contribution in [-0.2, 0) is 6.54 Å². The second-order valence-electron chi connectivity index (χ2n) is 5.16. The Morgan fingerprint density at radius 3 is 2.82 bits per heavy atom. The SMILES string of the molecule is NCCC[C@H]1CCCN(Cc2ccccc2)C1. The summed E-state index contributed by atoms with van der Waals surface area (Å²) < 4.78 is 0. The molecule has 0 aliphatic carbocycles. The molecule has 1 fully saturated rings. The third-order valence-corrected chi connectivity index (χ3v) is 3.67. The van der Waals surface area contributed by atoms with Crippen molar-refractivity contribution in [1.82, 2.24) is 4.90 Å². The highest BCUT2D eigenvalue weighted by Crippen LogP contribution is 2.22. The van der Waals surface area contributed by atoms with Gasteiger partial charge in [-0.2, -0.15) is 0 Å². The monoisotopic (exact) mass is 232 g/mol. The molecule has 0 saturated carbocycles. The van der Waals surface area contributed by atoms with Crippen LogP contribution in [0.2, 0.25) is 0 Å². The predicted molar refractivity (Wildman–Crippen MR) is 72.7 cm³/mol. The van der Waals surface area contributed by atoms with Gasteiger partial charge in [0.05, 0.1) is 0 Å². The Morgan fingerprint density at radius 1 is 1.24 bits per heavy atom. The molecule has 2 N–H and O–H groups in total. The molecule has 2 rings (SSSR count). The lowest BCUT2D eigenvalue weighted by Crippen LogP contribution is -2.35. The molecule has 1 aromatic carbocycles. The van der Waals surface area contributed by atoms with Gasteiger partial charge in [-0.25, -0.2) is 0 Å². The quantitative estimate of drug-likeness (QED) is 0.845. The van der Waals surface area contributed by atoms with Crippen molar-refractivity contribution < 1.29 is 0 Å². The number of hydrogen-bond donors (Lipinski definition) is 1. The zero-order valence-electron chi connectivity index (χ0n) is 10.6. The van der Waals surface area contributed by atoms with Gasteiger partial charge in [0, 0.05) is 13.1 Å². The minimum atomic E-state index is 0.842. The topological polar surface area (TPSA) is 29.3 Å². The third-order valence-electron chi connectivity index (χ3n) is 3.67. The molecule has 1 aliphatic heterocycles. The van der Waals surface area contributed by atoms with E-state index in [1.54, 1.807) is 0 Å². The maximum Gasteiger partial charge on any atom is 0.0233 e. The van der Waals surface area contributed by atoms with Crippen LogP contribution in [0.3, 0.4) is 0 Å². The number of likely N-dealkylation sites (tertiary alicyclic amines) is 1. The van der Waals surface area contributed by atoms with Crippen LogP contribution < -0.4 is 5.73 Å². The van der Waals surface area contributed by atoms with Gasteiger partial charge in [-0.15, -0.1) is 0 Å². The lowest BCUT2D eigenvalue weighted by atomic mass is 9.93. The van der Waals surface area contributed by atoms with Crippen molar-refractivity contribution >= 4 is 0 Å². The largest absolute Gasteiger partial charge is 0.330 e. The summed E-state index contributed by atoms with van der Waals surface area (Å²) in [6.07, 6.45) is 5.24. The molecule has 1 heterocycles. The predicted octanol–water partition coefficient (Wildman–Crippen LogP) is 2.64. The number of benzene rings is 1. The van der Waals surface area contributed by atoms with E-state index in [4.69, 9.17) is 5.73 Å². The molecule has 0 unspecified atom stereocenters. The van der Waals surface area contributed by atoms with Crippen LogP contribution in [-0.4, -0.2) is 24.5 Å². The van der Waals surface area contributed by atoms with Gasteiger partial charge < -0.3 is 5.73 Å². The van der Waals surface area contributed by atoms with Crippen molar-refractivity contribution in [3.8, 4) is 0 Å². The van der Waals surface area contributed by atoms with E-state index in [-0.39, 0.29) is 0 Å². The fourth-order valence-corrected chi connectivity index (χ4v) is 2.78. The normalized spacial score (nSPS) is 21.6. The molecule has 1 aromatic rings. The van der Waals surface area contributed by atoms with Crippen LogP contribution in [0.1, 0.15) is 31.2 Å². The van der Waals surface area contributed by atoms with Crippen LogP contribution in [0.4, 0.5) is 0 Å². The molecule has 1 atom stereocenters. The van der Waals surface area contributed by atoms with Gasteiger partial charge in [-0.05, 0) is 50.3 Å². The first-order valence-electron chi connectivity index (χ1n) is 6.85. The molecule has 1 aliphatic rings. The zero-order valence-corrected chi connectivity index (χ0v) is 10.6. The molecule has 2 heteroatoms. The van der Waals surface area contributed by atoms with Crippen LogP contribution in [0.5, 0.6) is 0 Å². The Morgan fingerprint density at radius 2 is 2.06 bits per heavy atom. The van der Waals surface area contributed by atoms with Crippen molar-refractivity contribution in [2.75, 3.05) is 19.6 Å². The number of nitrogens with zero attached hydrogens (tertiary/aromatic N) is 1. The summed E-state index contributed by atoms with van der Waals surface area (Å²) in [5.74, 6) is 0.871. The van der Waals surface area contributed by atoms with Crippen molar-refractivity contribution in [3.05, 3.63) is 35.9 Å². The number of rotatable bonds is 5. The van der Waals surface area contributed by atoms with Gasteiger partial charge in [-0.3, -0.25) is 4.90 Å². The van der Waals surface area contributed by atoms with Crippen molar-refractivity contribution in [1.29, 1.82) is 0 Å². The average Bonchev–Trinajstić information content (AvgIpc) is 2.38. The highest BCUT2D eigenvalue weighted by molar-refractivity contribution is 5.14. The average molecular weight is 232 g/mol. The van der Waals surface area contributed by atoms with E-state index < -0.39 is 0 Å². The van der Waals surface area contributed by atoms with Gasteiger partial charge in [-0.1, -0.05) is 30.3 Å². The van der Waals surface area contributed by atoms with E-state index in [0.717, 1.165) is 19.0 Å². The van der Waals surface area contributed by atoms with E-state index in [1.807, 2.05) is 0 Å². The van der Waals surface area contributed by atoms with E-state index in [1.165, 1.54) is 44.3 Å². The molecule has 0 bridgehead atoms. The van der Waals surface area contributed by atoms with Gasteiger partial charge in [0.15, 0.2) is 0 Å². The highest BCUT2D eigenvalue weighted by Gasteiger charge is 2.19. The molecule has 1 saturated heterocycles. The number of hydrogen-bond acceptors (Lipinski definition) is 2. The second-order valence-corrected chi connectivity index (χ2v) is 5.16. The summed E-state index contributed by atoms with van der Waals surface area (Å²) in [7, 11) is 0. The second kappa shape index (κ2) is 6.77. The van der Waals surface area contributed by atoms with E-state index in [2.05, 4.69) is 35.2 Å². The zero-order chi connectivity index (χ0) is 11.9. The molecule has 0 spiro atoms. The summed E-state index contributed by atoms with van der Waals surface area (Å²) in [5, 5.41) is 0. The van der Waals surface area contributed by atoms with E-state index in [9.17, 15) is 0 Å². The first-order valence-corrected chi connectivity index (χ1v) is 6.85. The van der Waals surface area contributed by atoms with Crippen LogP contribution in [0.25, 0.3) is 0 Å². The molecule has 17 heavy (non-hydrogen) atoms. The fraction of sp³-hybridized carbons (Fsp3) is 0.600. The van der Waals surface area contributed by atoms with E-state index >= 15 is 0 Å². The van der Waals surface area contributed by atoms with Crippen LogP contribution >= 0.6 is 0 Å². The van der Waals surface area contributed by atoms with Crippen molar-refractivity contribution in [3.63, 3.8) is 0 Å². The maximum atomic E-state index is 5.59. The summed E-state index contributed by atoms with van der Waals surface area (Å²) >= 11 is 0. The lowest BCUT2D eigenvalue weighted by molar-refractivity contribution is 0.160. The maximum absolute atomic E-state index is 5.59. The lowest BCUT2D eigenvalue weighted by Gasteiger charge is -2.32. The van der Waals surface area contributed by atoms with Crippen molar-refractivity contribution in [2.24, 2.45) is 11.7 Å². The number of nitrogens with two attached hydrogens (primary N) is 1. The Bertz CT molecular complexity index is 310. The molecule has 0 amide bonds. The van der Waals surface area contributed by atoms with Crippen molar-refractivity contribution in [2.45, 2.75) is 32.2 Å². The molecular weight excluding hydrogens is 208 g/mol. The van der Waals surface area contributed by atoms with Crippen LogP contribution in [0.15, 0.2) is 30.3 Å². The Balaban J connectivity index is 1.81. The van der Waals surface area contributed by atoms with Gasteiger partial charge >= 0.3 is 0 Å². The minimum Gasteiger partial charge on any atom is -0.330 e. The third kappa shape index (κ3) is 4.14. The molecule has 94 valence electrons. The Labute approximate surface area is 105 Å². The fourth-order valence-electron chi connectivity index (χ4n) is 2.78. The summed E-state index contributed by atoms with van der Waals surface area (Å²) in [6.45, 7) is 4.47. The first kappa shape index (κ1) is 12.6. The van der Waals surface area contributed by atoms with Gasteiger partial charge in [0.2, 0.25) is 0 Å². The van der Waals surface area contributed by atoms with Crippen LogP contribution in [0, 0.1) is 5.92 Å². The Kier molecular flexibility index (Phi) is 5.02. The smallest absolute Gasteiger partial charge is 0.0233 e. The van der Waals surface area contributed by atoms with Gasteiger partial charge in [0.1, 0.15) is 0 Å². The standard InChI is InChI=1S/C15H24N2/c16-10-4-8-15-9-5-11-17(13-15)12-14-6-2-1-3-7-14/h1-3,6-7,15H,4-5,8-13,16H2/t15-/m0/s1. The Hall–Kier alpha value is -0.860. The summed E-state index contributed by atoms with van der Waals surface area (Å²) in [4.78, 5) is 2.60. The first-order chi connectivity index (χ1) is 8.38. The summed E-state index contributed by atoms with van der Waals surface area (Å²) in [6, 6.07) is 10.8. The molecule has 0 radical (unpaired) electrons. The minimum absolute atomic E-state index is 0.842. The van der Waals surface area contributed by atoms with Gasteiger partial charge in [0.25, 0.3) is 0 Å².